The second-order valence-electron chi connectivity index (χ2n) is 11.0. The van der Waals surface area contributed by atoms with E-state index in [9.17, 15) is 34.5 Å². The van der Waals surface area contributed by atoms with Gasteiger partial charge in [0.15, 0.2) is 24.8 Å². The molecule has 0 fully saturated rings. The van der Waals surface area contributed by atoms with Gasteiger partial charge in [0, 0.05) is 47.5 Å². The van der Waals surface area contributed by atoms with Crippen molar-refractivity contribution in [1.82, 2.24) is 0 Å². The molecule has 0 radical (unpaired) electrons. The number of hydrogen-bond acceptors (Lipinski definition) is 0. The zero-order chi connectivity index (χ0) is 34.1. The van der Waals surface area contributed by atoms with E-state index in [2.05, 4.69) is 159 Å². The summed E-state index contributed by atoms with van der Waals surface area (Å²) in [5.41, 5.74) is 10.1. The zero-order valence-electron chi connectivity index (χ0n) is 25.8. The van der Waals surface area contributed by atoms with Gasteiger partial charge in [-0.2, -0.15) is 9.13 Å². The van der Waals surface area contributed by atoms with E-state index in [4.69, 9.17) is 0 Å². The highest BCUT2D eigenvalue weighted by atomic mass is 19.5. The Morgan fingerprint density at radius 3 is 0.891 bits per heavy atom. The minimum Gasteiger partial charge on any atom is -0.418 e. The first kappa shape index (κ1) is 36.0. The van der Waals surface area contributed by atoms with E-state index in [1.165, 1.54) is 44.8 Å². The number of benzene rings is 3. The maximum Gasteiger partial charge on any atom is 0.673 e. The van der Waals surface area contributed by atoms with E-state index in [0.29, 0.717) is 11.8 Å². The molecule has 0 N–H and O–H groups in total. The Morgan fingerprint density at radius 1 is 0.391 bits per heavy atom. The Morgan fingerprint density at radius 2 is 0.630 bits per heavy atom. The van der Waals surface area contributed by atoms with Crippen LogP contribution < -0.4 is 9.13 Å². The number of rotatable bonds is 6. The number of pyridine rings is 2. The number of nitrogens with zero attached hydrogens (tertiary/aromatic N) is 2. The van der Waals surface area contributed by atoms with Gasteiger partial charge in [0.05, 0.1) is 0 Å². The summed E-state index contributed by atoms with van der Waals surface area (Å²) in [4.78, 5) is 0. The highest BCUT2D eigenvalue weighted by Crippen LogP contribution is 2.25. The molecule has 0 aliphatic heterocycles. The third-order valence-corrected chi connectivity index (χ3v) is 6.88. The first-order valence-electron chi connectivity index (χ1n) is 14.6. The van der Waals surface area contributed by atoms with Crippen LogP contribution in [0.4, 0.5) is 34.5 Å². The fraction of sp³-hybridized carbons (Fsp3) is 0.176. The Hall–Kier alpha value is -4.47. The van der Waals surface area contributed by atoms with Crippen LogP contribution in [0.1, 0.15) is 50.7 Å². The lowest BCUT2D eigenvalue weighted by Crippen LogP contribution is -2.31. The molecule has 0 atom stereocenters. The molecule has 2 nitrogen and oxygen atoms in total. The maximum atomic E-state index is 9.75. The third-order valence-electron chi connectivity index (χ3n) is 6.88. The summed E-state index contributed by atoms with van der Waals surface area (Å²) < 4.78 is 82.4. The van der Waals surface area contributed by atoms with Crippen molar-refractivity contribution >= 4 is 14.5 Å². The maximum absolute atomic E-state index is 9.75. The van der Waals surface area contributed by atoms with Gasteiger partial charge < -0.3 is 34.5 Å². The molecule has 0 saturated heterocycles. The summed E-state index contributed by atoms with van der Waals surface area (Å²) in [6, 6.07) is 34.9. The van der Waals surface area contributed by atoms with Crippen molar-refractivity contribution in [3.8, 4) is 33.6 Å². The van der Waals surface area contributed by atoms with Crippen LogP contribution in [-0.4, -0.2) is 14.5 Å². The first-order chi connectivity index (χ1) is 21.5. The Kier molecular flexibility index (Phi) is 12.3. The average molecular weight is 644 g/mol. The summed E-state index contributed by atoms with van der Waals surface area (Å²) in [6.45, 7) is 8.97. The quantitative estimate of drug-likeness (QED) is 0.0988. The summed E-state index contributed by atoms with van der Waals surface area (Å²) in [5.74, 6) is 0.969. The molecule has 5 aromatic rings. The number of aromatic nitrogens is 2. The van der Waals surface area contributed by atoms with Crippen molar-refractivity contribution in [2.45, 2.75) is 39.5 Å². The lowest BCUT2D eigenvalue weighted by molar-refractivity contribution is -0.596. The molecule has 0 saturated carbocycles. The van der Waals surface area contributed by atoms with Gasteiger partial charge >= 0.3 is 14.5 Å². The number of para-hydroxylation sites is 2. The predicted molar refractivity (Wildman–Crippen MR) is 169 cm³/mol. The lowest BCUT2D eigenvalue weighted by Gasteiger charge is -2.09. The van der Waals surface area contributed by atoms with E-state index in [0.717, 1.165) is 0 Å². The minimum absolute atomic E-state index is 0.485. The van der Waals surface area contributed by atoms with Crippen LogP contribution in [0.2, 0.25) is 0 Å². The van der Waals surface area contributed by atoms with Gasteiger partial charge in [-0.1, -0.05) is 88.4 Å². The number of halogens is 8. The molecule has 0 unspecified atom stereocenters. The van der Waals surface area contributed by atoms with Gasteiger partial charge in [0.2, 0.25) is 11.4 Å². The monoisotopic (exact) mass is 644 g/mol. The van der Waals surface area contributed by atoms with Crippen molar-refractivity contribution in [1.29, 1.82) is 0 Å². The largest absolute Gasteiger partial charge is 0.673 e. The van der Waals surface area contributed by atoms with Crippen LogP contribution in [0.15, 0.2) is 122 Å². The summed E-state index contributed by atoms with van der Waals surface area (Å²) >= 11 is 0. The second kappa shape index (κ2) is 15.7. The molecule has 0 aliphatic carbocycles. The van der Waals surface area contributed by atoms with Crippen LogP contribution in [0.25, 0.3) is 33.6 Å². The van der Waals surface area contributed by atoms with Crippen molar-refractivity contribution in [2.75, 3.05) is 0 Å². The topological polar surface area (TPSA) is 7.76 Å². The molecule has 2 heterocycles. The van der Waals surface area contributed by atoms with Crippen molar-refractivity contribution in [3.05, 3.63) is 133 Å². The molecule has 46 heavy (non-hydrogen) atoms. The van der Waals surface area contributed by atoms with Crippen LogP contribution in [0.3, 0.4) is 0 Å². The Labute approximate surface area is 264 Å². The van der Waals surface area contributed by atoms with E-state index in [1.807, 2.05) is 0 Å². The third kappa shape index (κ3) is 11.5. The van der Waals surface area contributed by atoms with Gasteiger partial charge in [0.1, 0.15) is 0 Å². The molecule has 0 spiro atoms. The molecule has 242 valence electrons. The van der Waals surface area contributed by atoms with Crippen LogP contribution >= 0.6 is 0 Å². The highest BCUT2D eigenvalue weighted by molar-refractivity contribution is 6.50. The fourth-order valence-corrected chi connectivity index (χ4v) is 4.84. The molecule has 0 aliphatic rings. The van der Waals surface area contributed by atoms with Crippen LogP contribution in [-0.2, 0) is 0 Å². The molecular formula is C34H34B2F8N2. The lowest BCUT2D eigenvalue weighted by atomic mass is 10.00. The van der Waals surface area contributed by atoms with Crippen LogP contribution in [0, 0.1) is 0 Å². The van der Waals surface area contributed by atoms with Gasteiger partial charge in [-0.15, -0.1) is 0 Å². The number of hydrogen-bond donors (Lipinski definition) is 0. The predicted octanol–water partition coefficient (Wildman–Crippen LogP) is 10.4. The molecule has 0 amide bonds. The molecule has 12 heteroatoms. The summed E-state index contributed by atoms with van der Waals surface area (Å²) in [7, 11) is -12.0. The summed E-state index contributed by atoms with van der Waals surface area (Å²) in [6.07, 6.45) is 8.65. The molecule has 3 aromatic carbocycles. The minimum atomic E-state index is -6.00. The standard InChI is InChI=1S/C34H34N2.2BF4/c1-25(2)31-9-5-7-11-33(31)35-21-17-29(18-22-35)27-13-15-28(16-14-27)30-19-23-36(24-20-30)34-12-8-6-10-32(34)26(3)4;2*2-1(3,4)5/h5-26H,1-4H3;;/q+2;2*-1. The van der Waals surface area contributed by atoms with Crippen molar-refractivity contribution in [3.63, 3.8) is 0 Å². The Bertz CT molecular complexity index is 1530. The molecule has 2 aromatic heterocycles. The van der Waals surface area contributed by atoms with Gasteiger partial charge in [-0.25, -0.2) is 0 Å². The normalized spacial score (nSPS) is 11.4. The first-order valence-corrected chi connectivity index (χ1v) is 14.6. The second-order valence-corrected chi connectivity index (χ2v) is 11.0. The highest BCUT2D eigenvalue weighted by Gasteiger charge is 2.21. The van der Waals surface area contributed by atoms with E-state index < -0.39 is 14.5 Å². The van der Waals surface area contributed by atoms with E-state index in [1.54, 1.807) is 0 Å². The molecular weight excluding hydrogens is 610 g/mol. The fourth-order valence-electron chi connectivity index (χ4n) is 4.84. The van der Waals surface area contributed by atoms with Gasteiger partial charge in [-0.05, 0) is 34.1 Å². The SMILES string of the molecule is CC(C)c1ccccc1-[n+]1ccc(-c2ccc(-c3cc[n+](-c4ccccc4C(C)C)cc3)cc2)cc1.F[B-](F)(F)F.F[B-](F)(F)F. The van der Waals surface area contributed by atoms with Gasteiger partial charge in [0.25, 0.3) is 0 Å². The average Bonchev–Trinajstić information content (AvgIpc) is 3.00. The van der Waals surface area contributed by atoms with E-state index >= 15 is 0 Å². The van der Waals surface area contributed by atoms with Crippen LogP contribution in [0.5, 0.6) is 0 Å². The van der Waals surface area contributed by atoms with E-state index in [-0.39, 0.29) is 0 Å². The summed E-state index contributed by atoms with van der Waals surface area (Å²) in [5, 5.41) is 0. The molecule has 5 rings (SSSR count). The Balaban J connectivity index is 0.000000503. The smallest absolute Gasteiger partial charge is 0.418 e. The van der Waals surface area contributed by atoms with Crippen molar-refractivity contribution in [2.24, 2.45) is 0 Å². The van der Waals surface area contributed by atoms with Crippen molar-refractivity contribution < 1.29 is 43.7 Å². The zero-order valence-corrected chi connectivity index (χ0v) is 25.8. The van der Waals surface area contributed by atoms with Gasteiger partial charge in [-0.3, -0.25) is 0 Å². The molecule has 0 bridgehead atoms.